The summed E-state index contributed by atoms with van der Waals surface area (Å²) in [5, 5.41) is 12.6. The van der Waals surface area contributed by atoms with Gasteiger partial charge in [0.1, 0.15) is 29.2 Å². The van der Waals surface area contributed by atoms with E-state index in [1.54, 1.807) is 12.1 Å². The summed E-state index contributed by atoms with van der Waals surface area (Å²) in [7, 11) is 0. The fraction of sp³-hybridized carbons (Fsp3) is 0.125. The Labute approximate surface area is 125 Å². The Morgan fingerprint density at radius 3 is 2.59 bits per heavy atom. The van der Waals surface area contributed by atoms with E-state index in [0.717, 1.165) is 11.6 Å². The quantitative estimate of drug-likeness (QED) is 0.776. The number of anilines is 1. The molecule has 6 heteroatoms. The lowest BCUT2D eigenvalue weighted by Crippen LogP contribution is -2.07. The molecule has 0 fully saturated rings. The molecule has 0 aliphatic heterocycles. The number of fused-ring (bicyclic) bond motifs is 1. The van der Waals surface area contributed by atoms with Crippen LogP contribution in [0.2, 0.25) is 0 Å². The van der Waals surface area contributed by atoms with Crippen LogP contribution in [-0.4, -0.2) is 21.6 Å². The first-order valence-corrected chi connectivity index (χ1v) is 6.75. The number of aromatic nitrogens is 2. The van der Waals surface area contributed by atoms with Crippen molar-refractivity contribution < 1.29 is 13.9 Å². The van der Waals surface area contributed by atoms with Crippen LogP contribution in [0.3, 0.4) is 0 Å². The third-order valence-electron chi connectivity index (χ3n) is 3.30. The first-order valence-electron chi connectivity index (χ1n) is 6.75. The zero-order chi connectivity index (χ0) is 15.5. The highest BCUT2D eigenvalue weighted by atomic mass is 19.1. The van der Waals surface area contributed by atoms with E-state index >= 15 is 0 Å². The Balaban J connectivity index is 1.78. The van der Waals surface area contributed by atoms with Crippen molar-refractivity contribution in [2.45, 2.75) is 6.42 Å². The van der Waals surface area contributed by atoms with Gasteiger partial charge in [-0.1, -0.05) is 12.1 Å². The van der Waals surface area contributed by atoms with E-state index in [-0.39, 0.29) is 11.3 Å². The predicted octanol–water partition coefficient (Wildman–Crippen LogP) is 3.27. The number of phenols is 1. The minimum atomic E-state index is -0.709. The van der Waals surface area contributed by atoms with Crippen LogP contribution in [0.25, 0.3) is 10.9 Å². The molecule has 112 valence electrons. The van der Waals surface area contributed by atoms with Gasteiger partial charge in [0.25, 0.3) is 0 Å². The molecule has 0 aliphatic carbocycles. The minimum absolute atomic E-state index is 0.0866. The molecule has 0 atom stereocenters. The molecular formula is C16H13F2N3O. The predicted molar refractivity (Wildman–Crippen MR) is 79.8 cm³/mol. The lowest BCUT2D eigenvalue weighted by atomic mass is 10.1. The lowest BCUT2D eigenvalue weighted by molar-refractivity contribution is 0.475. The molecule has 0 aliphatic rings. The van der Waals surface area contributed by atoms with Gasteiger partial charge >= 0.3 is 0 Å². The Hall–Kier alpha value is -2.76. The maximum absolute atomic E-state index is 13.7. The molecule has 2 aromatic carbocycles. The molecule has 0 saturated heterocycles. The van der Waals surface area contributed by atoms with Crippen molar-refractivity contribution in [2.24, 2.45) is 0 Å². The summed E-state index contributed by atoms with van der Waals surface area (Å²) < 4.78 is 27.0. The van der Waals surface area contributed by atoms with Gasteiger partial charge in [-0.3, -0.25) is 0 Å². The maximum Gasteiger partial charge on any atom is 0.152 e. The normalized spacial score (nSPS) is 10.8. The molecule has 0 amide bonds. The fourth-order valence-electron chi connectivity index (χ4n) is 2.22. The highest BCUT2D eigenvalue weighted by Crippen LogP contribution is 2.23. The van der Waals surface area contributed by atoms with Crippen LogP contribution in [0, 0.1) is 11.6 Å². The molecular weight excluding hydrogens is 288 g/mol. The van der Waals surface area contributed by atoms with Crippen LogP contribution in [0.1, 0.15) is 5.56 Å². The number of nitrogens with one attached hydrogen (secondary N) is 1. The second kappa shape index (κ2) is 5.93. The summed E-state index contributed by atoms with van der Waals surface area (Å²) in [6, 6.07) is 8.86. The maximum atomic E-state index is 13.7. The van der Waals surface area contributed by atoms with E-state index in [1.165, 1.54) is 12.4 Å². The van der Waals surface area contributed by atoms with Crippen molar-refractivity contribution >= 4 is 16.7 Å². The summed E-state index contributed by atoms with van der Waals surface area (Å²) in [5.74, 6) is -0.771. The highest BCUT2D eigenvalue weighted by molar-refractivity contribution is 5.89. The number of hydrogen-bond acceptors (Lipinski definition) is 4. The number of halogens is 2. The van der Waals surface area contributed by atoms with E-state index in [0.29, 0.717) is 24.2 Å². The molecule has 0 radical (unpaired) electrons. The summed E-state index contributed by atoms with van der Waals surface area (Å²) in [6.07, 6.45) is 1.93. The molecule has 2 N–H and O–H groups in total. The Bertz CT molecular complexity index is 806. The summed E-state index contributed by atoms with van der Waals surface area (Å²) >= 11 is 0. The summed E-state index contributed by atoms with van der Waals surface area (Å²) in [4.78, 5) is 7.88. The fourth-order valence-corrected chi connectivity index (χ4v) is 2.22. The molecule has 0 spiro atoms. The molecule has 3 aromatic rings. The van der Waals surface area contributed by atoms with Crippen molar-refractivity contribution in [3.63, 3.8) is 0 Å². The van der Waals surface area contributed by atoms with Gasteiger partial charge in [0.05, 0.1) is 0 Å². The van der Waals surface area contributed by atoms with E-state index in [2.05, 4.69) is 15.3 Å². The van der Waals surface area contributed by atoms with Crippen LogP contribution < -0.4 is 5.32 Å². The Kier molecular flexibility index (Phi) is 3.82. The number of benzene rings is 2. The van der Waals surface area contributed by atoms with Gasteiger partial charge < -0.3 is 10.4 Å². The highest BCUT2D eigenvalue weighted by Gasteiger charge is 2.09. The van der Waals surface area contributed by atoms with Gasteiger partial charge in [0.15, 0.2) is 5.82 Å². The van der Waals surface area contributed by atoms with Crippen LogP contribution >= 0.6 is 0 Å². The molecule has 4 nitrogen and oxygen atoms in total. The third kappa shape index (κ3) is 2.95. The van der Waals surface area contributed by atoms with Gasteiger partial charge in [0.2, 0.25) is 0 Å². The molecule has 22 heavy (non-hydrogen) atoms. The van der Waals surface area contributed by atoms with E-state index in [4.69, 9.17) is 0 Å². The van der Waals surface area contributed by atoms with Gasteiger partial charge in [-0.2, -0.15) is 0 Å². The molecule has 3 rings (SSSR count). The van der Waals surface area contributed by atoms with Crippen LogP contribution in [0.15, 0.2) is 42.7 Å². The van der Waals surface area contributed by atoms with E-state index in [9.17, 15) is 13.9 Å². The molecule has 0 saturated carbocycles. The van der Waals surface area contributed by atoms with E-state index in [1.807, 2.05) is 12.1 Å². The average Bonchev–Trinajstić information content (AvgIpc) is 2.50. The first-order chi connectivity index (χ1) is 10.6. The Morgan fingerprint density at radius 2 is 1.82 bits per heavy atom. The zero-order valence-electron chi connectivity index (χ0n) is 11.6. The second-order valence-electron chi connectivity index (χ2n) is 4.85. The van der Waals surface area contributed by atoms with Gasteiger partial charge in [0, 0.05) is 18.0 Å². The largest absolute Gasteiger partial charge is 0.508 e. The Morgan fingerprint density at radius 1 is 1.05 bits per heavy atom. The molecule has 1 heterocycles. The van der Waals surface area contributed by atoms with Gasteiger partial charge in [-0.25, -0.2) is 18.7 Å². The molecule has 0 bridgehead atoms. The van der Waals surface area contributed by atoms with Crippen molar-refractivity contribution in [3.8, 4) is 5.75 Å². The van der Waals surface area contributed by atoms with Gasteiger partial charge in [-0.15, -0.1) is 0 Å². The van der Waals surface area contributed by atoms with Crippen LogP contribution in [0.4, 0.5) is 14.6 Å². The smallest absolute Gasteiger partial charge is 0.152 e. The van der Waals surface area contributed by atoms with E-state index < -0.39 is 11.6 Å². The first kappa shape index (κ1) is 14.2. The van der Waals surface area contributed by atoms with Crippen molar-refractivity contribution in [1.29, 1.82) is 0 Å². The lowest BCUT2D eigenvalue weighted by Gasteiger charge is -2.09. The van der Waals surface area contributed by atoms with Crippen molar-refractivity contribution in [2.75, 3.05) is 11.9 Å². The number of aromatic hydroxyl groups is 1. The van der Waals surface area contributed by atoms with Crippen LogP contribution in [0.5, 0.6) is 5.75 Å². The molecule has 0 unspecified atom stereocenters. The minimum Gasteiger partial charge on any atom is -0.508 e. The third-order valence-corrected chi connectivity index (χ3v) is 3.30. The number of phenolic OH excluding ortho intramolecular Hbond substituents is 1. The topological polar surface area (TPSA) is 58.0 Å². The second-order valence-corrected chi connectivity index (χ2v) is 4.85. The number of hydrogen-bond donors (Lipinski definition) is 2. The summed E-state index contributed by atoms with van der Waals surface area (Å²) in [5.41, 5.74) is 1.12. The van der Waals surface area contributed by atoms with Crippen LogP contribution in [-0.2, 0) is 6.42 Å². The SMILES string of the molecule is Oc1ccc(CCNc2ncnc3c(F)cc(F)cc23)cc1. The zero-order valence-corrected chi connectivity index (χ0v) is 11.6. The monoisotopic (exact) mass is 301 g/mol. The van der Waals surface area contributed by atoms with Gasteiger partial charge in [-0.05, 0) is 30.2 Å². The average molecular weight is 301 g/mol. The standard InChI is InChI=1S/C16H13F2N3O/c17-11-7-13-15(14(18)8-11)20-9-21-16(13)19-6-5-10-1-3-12(22)4-2-10/h1-4,7-9,22H,5-6H2,(H,19,20,21). The van der Waals surface area contributed by atoms with Crippen molar-refractivity contribution in [3.05, 3.63) is 59.9 Å². The molecule has 1 aromatic heterocycles. The number of rotatable bonds is 4. The number of nitrogens with zero attached hydrogens (tertiary/aromatic N) is 2. The van der Waals surface area contributed by atoms with Crippen molar-refractivity contribution in [1.82, 2.24) is 9.97 Å². The summed E-state index contributed by atoms with van der Waals surface area (Å²) in [6.45, 7) is 0.537.